The maximum Gasteiger partial charge on any atom is 0.223 e. The first-order valence-corrected chi connectivity index (χ1v) is 15.3. The number of hydrogen-bond acceptors (Lipinski definition) is 4. The van der Waals surface area contributed by atoms with Crippen molar-refractivity contribution in [3.63, 3.8) is 0 Å². The molecule has 1 aliphatic heterocycles. The van der Waals surface area contributed by atoms with Gasteiger partial charge in [-0.15, -0.1) is 0 Å². The molecule has 2 atom stereocenters. The number of aliphatic hydroxyl groups is 1. The molecule has 0 aliphatic carbocycles. The van der Waals surface area contributed by atoms with Crippen LogP contribution in [0.15, 0.2) is 0 Å². The Balaban J connectivity index is 0. The number of rotatable bonds is 15. The Morgan fingerprint density at radius 3 is 1.95 bits per heavy atom. The monoisotopic (exact) mass is 543 g/mol. The van der Waals surface area contributed by atoms with Gasteiger partial charge in [-0.25, -0.2) is 0 Å². The van der Waals surface area contributed by atoms with E-state index >= 15 is 0 Å². The molecule has 2 unspecified atom stereocenters. The van der Waals surface area contributed by atoms with Crippen LogP contribution in [0.5, 0.6) is 0 Å². The molecule has 0 aromatic heterocycles. The number of carbonyl (C=O) groups is 2. The summed E-state index contributed by atoms with van der Waals surface area (Å²) in [6.07, 6.45) is 9.27. The molecule has 0 saturated carbocycles. The topological polar surface area (TPSA) is 78.9 Å². The molecular formula is C32H66N2O4. The second-order valence-electron chi connectivity index (χ2n) is 13.3. The molecule has 6 nitrogen and oxygen atoms in total. The quantitative estimate of drug-likeness (QED) is 0.226. The highest BCUT2D eigenvalue weighted by atomic mass is 16.5. The zero-order valence-electron chi connectivity index (χ0n) is 27.5. The Hall–Kier alpha value is -1.14. The number of amides is 2. The highest BCUT2D eigenvalue weighted by molar-refractivity contribution is 5.77. The van der Waals surface area contributed by atoms with Crippen LogP contribution in [0.25, 0.3) is 0 Å². The predicted molar refractivity (Wildman–Crippen MR) is 162 cm³/mol. The second-order valence-corrected chi connectivity index (χ2v) is 13.3. The molecule has 1 saturated heterocycles. The fourth-order valence-corrected chi connectivity index (χ4v) is 5.72. The number of likely N-dealkylation sites (tertiary alicyclic amines) is 1. The highest BCUT2D eigenvalue weighted by Gasteiger charge is 2.38. The Kier molecular flexibility index (Phi) is 20.4. The number of nitrogens with one attached hydrogen (secondary N) is 1. The molecule has 1 aliphatic rings. The number of carbonyl (C=O) groups excluding carboxylic acids is 2. The fourth-order valence-electron chi connectivity index (χ4n) is 5.72. The summed E-state index contributed by atoms with van der Waals surface area (Å²) in [4.78, 5) is 26.5. The van der Waals surface area contributed by atoms with Crippen LogP contribution >= 0.6 is 0 Å². The molecule has 0 bridgehead atoms. The van der Waals surface area contributed by atoms with E-state index in [2.05, 4.69) is 67.6 Å². The lowest BCUT2D eigenvalue weighted by molar-refractivity contribution is -0.135. The third-order valence-electron chi connectivity index (χ3n) is 7.03. The third-order valence-corrected chi connectivity index (χ3v) is 7.03. The van der Waals surface area contributed by atoms with Crippen molar-refractivity contribution in [3.8, 4) is 0 Å². The number of β-amino-alcohol motifs (C(OH)–C–C–N with tert-alkyl or cyclic N) is 1. The highest BCUT2D eigenvalue weighted by Crippen LogP contribution is 2.37. The van der Waals surface area contributed by atoms with Gasteiger partial charge >= 0.3 is 0 Å². The van der Waals surface area contributed by atoms with Crippen LogP contribution in [0.4, 0.5) is 0 Å². The average Bonchev–Trinajstić information content (AvgIpc) is 3.17. The van der Waals surface area contributed by atoms with E-state index in [0.717, 1.165) is 19.3 Å². The van der Waals surface area contributed by atoms with Gasteiger partial charge in [-0.1, -0.05) is 95.4 Å². The summed E-state index contributed by atoms with van der Waals surface area (Å²) in [6.45, 7) is 25.2. The number of nitrogens with zero attached hydrogens (tertiary/aromatic N) is 1. The van der Waals surface area contributed by atoms with E-state index in [0.29, 0.717) is 44.4 Å². The molecule has 0 radical (unpaired) electrons. The minimum Gasteiger partial charge on any atom is -0.391 e. The Labute approximate surface area is 237 Å². The summed E-state index contributed by atoms with van der Waals surface area (Å²) in [5.74, 6) is 0.175. The van der Waals surface area contributed by atoms with Crippen LogP contribution in [0.2, 0.25) is 0 Å². The number of unbranched alkanes of at least 4 members (excludes halogenated alkanes) is 1. The Morgan fingerprint density at radius 1 is 0.921 bits per heavy atom. The van der Waals surface area contributed by atoms with E-state index in [1.807, 2.05) is 13.8 Å². The normalized spacial score (nSPS) is 17.8. The van der Waals surface area contributed by atoms with Crippen molar-refractivity contribution in [2.75, 3.05) is 26.8 Å². The lowest BCUT2D eigenvalue weighted by Gasteiger charge is -2.36. The average molecular weight is 543 g/mol. The Bertz CT molecular complexity index is 623. The molecule has 0 aromatic rings. The first-order chi connectivity index (χ1) is 17.6. The minimum atomic E-state index is -0.466. The van der Waals surface area contributed by atoms with Gasteiger partial charge in [-0.05, 0) is 48.3 Å². The molecule has 38 heavy (non-hydrogen) atoms. The van der Waals surface area contributed by atoms with Gasteiger partial charge in [0.2, 0.25) is 11.8 Å². The number of ether oxygens (including phenoxy) is 1. The van der Waals surface area contributed by atoms with Crippen LogP contribution in [-0.2, 0) is 14.3 Å². The largest absolute Gasteiger partial charge is 0.391 e. The van der Waals surface area contributed by atoms with Crippen molar-refractivity contribution in [2.24, 2.45) is 16.2 Å². The van der Waals surface area contributed by atoms with Gasteiger partial charge in [0.05, 0.1) is 18.8 Å². The lowest BCUT2D eigenvalue weighted by Crippen LogP contribution is -2.42. The van der Waals surface area contributed by atoms with Crippen LogP contribution in [0, 0.1) is 16.2 Å². The van der Waals surface area contributed by atoms with Crippen molar-refractivity contribution >= 4 is 11.8 Å². The molecule has 1 fully saturated rings. The van der Waals surface area contributed by atoms with Crippen molar-refractivity contribution in [2.45, 2.75) is 153 Å². The van der Waals surface area contributed by atoms with Crippen molar-refractivity contribution in [3.05, 3.63) is 0 Å². The molecular weight excluding hydrogens is 476 g/mol. The molecule has 1 rings (SSSR count). The minimum absolute atomic E-state index is 0.0424. The van der Waals surface area contributed by atoms with Crippen LogP contribution in [-0.4, -0.2) is 60.8 Å². The van der Waals surface area contributed by atoms with Gasteiger partial charge in [0, 0.05) is 33.0 Å². The van der Waals surface area contributed by atoms with Gasteiger partial charge in [-0.2, -0.15) is 0 Å². The van der Waals surface area contributed by atoms with Gasteiger partial charge in [0.1, 0.15) is 0 Å². The van der Waals surface area contributed by atoms with E-state index in [9.17, 15) is 14.7 Å². The first-order valence-electron chi connectivity index (χ1n) is 15.3. The molecule has 228 valence electrons. The third kappa shape index (κ3) is 18.2. The van der Waals surface area contributed by atoms with E-state index in [-0.39, 0.29) is 28.7 Å². The standard InChI is InChI=1S/C21H40N2O4.C9H20.C2H6/c1-7-8-9-18(25)22-15-21(4,5)14-20(2,3)11-19(26)23-12-17(24)10-16(23)13-27-6;1-5-7-9(3,4)8-6-2;1-2/h16-17,24H,7-15H2,1-6H3,(H,22,25);5-8H2,1-4H3;1-2H3. The van der Waals surface area contributed by atoms with Crippen LogP contribution < -0.4 is 5.32 Å². The van der Waals surface area contributed by atoms with Crippen molar-refractivity contribution in [1.29, 1.82) is 0 Å². The molecule has 0 spiro atoms. The van der Waals surface area contributed by atoms with Gasteiger partial charge in [0.15, 0.2) is 0 Å². The molecule has 2 N–H and O–H groups in total. The Morgan fingerprint density at radius 2 is 1.47 bits per heavy atom. The molecule has 0 aromatic carbocycles. The molecule has 2 amide bonds. The summed E-state index contributed by atoms with van der Waals surface area (Å²) in [5, 5.41) is 13.0. The zero-order chi connectivity index (χ0) is 30.0. The van der Waals surface area contributed by atoms with Gasteiger partial charge in [0.25, 0.3) is 0 Å². The van der Waals surface area contributed by atoms with Crippen molar-refractivity contribution in [1.82, 2.24) is 10.2 Å². The first kappa shape index (κ1) is 39.0. The van der Waals surface area contributed by atoms with E-state index in [4.69, 9.17) is 4.74 Å². The lowest BCUT2D eigenvalue weighted by atomic mass is 9.73. The second kappa shape index (κ2) is 19.8. The van der Waals surface area contributed by atoms with Crippen molar-refractivity contribution < 1.29 is 19.4 Å². The summed E-state index contributed by atoms with van der Waals surface area (Å²) in [6, 6.07) is -0.0424. The molecule has 1 heterocycles. The fraction of sp³-hybridized carbons (Fsp3) is 0.938. The summed E-state index contributed by atoms with van der Waals surface area (Å²) in [7, 11) is 1.62. The predicted octanol–water partition coefficient (Wildman–Crippen LogP) is 7.37. The SMILES string of the molecule is CC.CCCC(C)(C)CCC.CCCCC(=O)NCC(C)(C)CC(C)(C)CC(=O)N1CC(O)CC1COC. The van der Waals surface area contributed by atoms with Gasteiger partial charge in [-0.3, -0.25) is 9.59 Å². The number of hydrogen-bond donors (Lipinski definition) is 2. The smallest absolute Gasteiger partial charge is 0.223 e. The zero-order valence-corrected chi connectivity index (χ0v) is 27.5. The maximum absolute atomic E-state index is 12.9. The van der Waals surface area contributed by atoms with Crippen LogP contribution in [0.1, 0.15) is 140 Å². The molecule has 6 heteroatoms. The maximum atomic E-state index is 12.9. The van der Waals surface area contributed by atoms with Crippen LogP contribution in [0.3, 0.4) is 0 Å². The summed E-state index contributed by atoms with van der Waals surface area (Å²) >= 11 is 0. The number of aliphatic hydroxyl groups excluding tert-OH is 1. The van der Waals surface area contributed by atoms with Gasteiger partial charge < -0.3 is 20.1 Å². The van der Waals surface area contributed by atoms with E-state index in [1.54, 1.807) is 12.0 Å². The van der Waals surface area contributed by atoms with E-state index in [1.165, 1.54) is 25.7 Å². The van der Waals surface area contributed by atoms with E-state index < -0.39 is 6.10 Å². The summed E-state index contributed by atoms with van der Waals surface area (Å²) < 4.78 is 5.20. The summed E-state index contributed by atoms with van der Waals surface area (Å²) in [5.41, 5.74) is 0.311. The number of methoxy groups -OCH3 is 1.